The van der Waals surface area contributed by atoms with Crippen LogP contribution >= 0.6 is 15.9 Å². The standard InChI is InChI=1S/C18H22BrN3O3/c1-5-13-6-12(2)7-14(8-13)24-11-17(23)21-20-10-15-9-16(19)18(25-15)22(3)4/h6-10H,5,11H2,1-4H3,(H,21,23). The van der Waals surface area contributed by atoms with Gasteiger partial charge in [-0.15, -0.1) is 0 Å². The Morgan fingerprint density at radius 2 is 2.12 bits per heavy atom. The lowest BCUT2D eigenvalue weighted by atomic mass is 10.1. The first kappa shape index (κ1) is 19.1. The van der Waals surface area contributed by atoms with Gasteiger partial charge in [0, 0.05) is 20.2 Å². The molecular formula is C18H22BrN3O3. The summed E-state index contributed by atoms with van der Waals surface area (Å²) in [7, 11) is 3.75. The van der Waals surface area contributed by atoms with Crippen molar-refractivity contribution >= 4 is 33.9 Å². The zero-order chi connectivity index (χ0) is 18.4. The van der Waals surface area contributed by atoms with Crippen molar-refractivity contribution in [2.75, 3.05) is 25.6 Å². The van der Waals surface area contributed by atoms with E-state index in [4.69, 9.17) is 9.15 Å². The van der Waals surface area contributed by atoms with Crippen LogP contribution in [0.15, 0.2) is 38.3 Å². The molecule has 2 aromatic rings. The molecule has 2 rings (SSSR count). The van der Waals surface area contributed by atoms with Gasteiger partial charge in [-0.05, 0) is 52.5 Å². The van der Waals surface area contributed by atoms with Crippen molar-refractivity contribution in [1.82, 2.24) is 5.43 Å². The molecule has 1 aromatic heterocycles. The molecule has 0 aliphatic rings. The number of halogens is 1. The quantitative estimate of drug-likeness (QED) is 0.563. The molecule has 1 aromatic carbocycles. The van der Waals surface area contributed by atoms with Gasteiger partial charge in [0.1, 0.15) is 5.75 Å². The van der Waals surface area contributed by atoms with Crippen molar-refractivity contribution in [3.8, 4) is 5.75 Å². The second-order valence-corrected chi connectivity index (χ2v) is 6.64. The maximum absolute atomic E-state index is 11.8. The number of nitrogens with one attached hydrogen (secondary N) is 1. The highest BCUT2D eigenvalue weighted by Gasteiger charge is 2.09. The lowest BCUT2D eigenvalue weighted by Gasteiger charge is -2.08. The van der Waals surface area contributed by atoms with Gasteiger partial charge in [0.2, 0.25) is 5.88 Å². The Bertz CT molecular complexity index is 769. The molecule has 1 heterocycles. The fourth-order valence-corrected chi connectivity index (χ4v) is 2.87. The number of rotatable bonds is 7. The first-order valence-corrected chi connectivity index (χ1v) is 8.70. The number of nitrogens with zero attached hydrogens (tertiary/aromatic N) is 2. The van der Waals surface area contributed by atoms with Crippen molar-refractivity contribution in [2.45, 2.75) is 20.3 Å². The maximum Gasteiger partial charge on any atom is 0.277 e. The largest absolute Gasteiger partial charge is 0.484 e. The van der Waals surface area contributed by atoms with E-state index >= 15 is 0 Å². The summed E-state index contributed by atoms with van der Waals surface area (Å²) in [4.78, 5) is 13.7. The van der Waals surface area contributed by atoms with Gasteiger partial charge in [0.25, 0.3) is 5.91 Å². The summed E-state index contributed by atoms with van der Waals surface area (Å²) < 4.78 is 11.9. The highest BCUT2D eigenvalue weighted by Crippen LogP contribution is 2.27. The monoisotopic (exact) mass is 407 g/mol. The third-order valence-electron chi connectivity index (χ3n) is 3.36. The van der Waals surface area contributed by atoms with Gasteiger partial charge in [-0.3, -0.25) is 4.79 Å². The number of aryl methyl sites for hydroxylation is 2. The van der Waals surface area contributed by atoms with E-state index in [1.165, 1.54) is 11.8 Å². The normalized spacial score (nSPS) is 10.9. The highest BCUT2D eigenvalue weighted by atomic mass is 79.9. The lowest BCUT2D eigenvalue weighted by Crippen LogP contribution is -2.24. The number of anilines is 1. The number of furan rings is 1. The molecular weight excluding hydrogens is 386 g/mol. The number of hydrogen-bond donors (Lipinski definition) is 1. The van der Waals surface area contributed by atoms with Gasteiger partial charge in [-0.2, -0.15) is 5.10 Å². The highest BCUT2D eigenvalue weighted by molar-refractivity contribution is 9.10. The number of carbonyl (C=O) groups excluding carboxylic acids is 1. The number of ether oxygens (including phenoxy) is 1. The third-order valence-corrected chi connectivity index (χ3v) is 3.93. The maximum atomic E-state index is 11.8. The van der Waals surface area contributed by atoms with E-state index < -0.39 is 0 Å². The van der Waals surface area contributed by atoms with Gasteiger partial charge < -0.3 is 14.1 Å². The molecule has 0 saturated heterocycles. The second-order valence-electron chi connectivity index (χ2n) is 5.79. The van der Waals surface area contributed by atoms with E-state index in [-0.39, 0.29) is 12.5 Å². The van der Waals surface area contributed by atoms with Crippen molar-refractivity contribution in [3.05, 3.63) is 45.6 Å². The van der Waals surface area contributed by atoms with Gasteiger partial charge in [-0.1, -0.05) is 13.0 Å². The SMILES string of the molecule is CCc1cc(C)cc(OCC(=O)NN=Cc2cc(Br)c(N(C)C)o2)c1. The van der Waals surface area contributed by atoms with Gasteiger partial charge in [0.15, 0.2) is 12.4 Å². The summed E-state index contributed by atoms with van der Waals surface area (Å²) in [5.41, 5.74) is 4.70. The summed E-state index contributed by atoms with van der Waals surface area (Å²) in [6.45, 7) is 3.98. The van der Waals surface area contributed by atoms with E-state index in [9.17, 15) is 4.79 Å². The Labute approximate surface area is 156 Å². The summed E-state index contributed by atoms with van der Waals surface area (Å²) in [5.74, 6) is 1.56. The third kappa shape index (κ3) is 5.63. The molecule has 0 unspecified atom stereocenters. The predicted molar refractivity (Wildman–Crippen MR) is 103 cm³/mol. The van der Waals surface area contributed by atoms with E-state index in [2.05, 4.69) is 39.4 Å². The smallest absolute Gasteiger partial charge is 0.277 e. The molecule has 1 amide bonds. The Morgan fingerprint density at radius 3 is 2.76 bits per heavy atom. The zero-order valence-electron chi connectivity index (χ0n) is 14.8. The minimum absolute atomic E-state index is 0.102. The second kappa shape index (κ2) is 8.71. The van der Waals surface area contributed by atoms with E-state index in [0.29, 0.717) is 17.4 Å². The molecule has 0 saturated carbocycles. The molecule has 0 atom stereocenters. The van der Waals surface area contributed by atoms with Crippen LogP contribution in [0.1, 0.15) is 23.8 Å². The van der Waals surface area contributed by atoms with Crippen LogP contribution in [-0.2, 0) is 11.2 Å². The van der Waals surface area contributed by atoms with Crippen molar-refractivity contribution in [3.63, 3.8) is 0 Å². The van der Waals surface area contributed by atoms with Crippen LogP contribution in [0, 0.1) is 6.92 Å². The van der Waals surface area contributed by atoms with Crippen LogP contribution in [-0.4, -0.2) is 32.8 Å². The van der Waals surface area contributed by atoms with Gasteiger partial charge in [0.05, 0.1) is 10.7 Å². The molecule has 7 heteroatoms. The Hall–Kier alpha value is -2.28. The van der Waals surface area contributed by atoms with Crippen LogP contribution in [0.25, 0.3) is 0 Å². The summed E-state index contributed by atoms with van der Waals surface area (Å²) in [5, 5.41) is 3.88. The molecule has 1 N–H and O–H groups in total. The first-order valence-electron chi connectivity index (χ1n) is 7.91. The van der Waals surface area contributed by atoms with E-state index in [1.54, 1.807) is 6.07 Å². The number of hydrogen-bond acceptors (Lipinski definition) is 5. The zero-order valence-corrected chi connectivity index (χ0v) is 16.4. The summed E-state index contributed by atoms with van der Waals surface area (Å²) >= 11 is 3.40. The molecule has 0 bridgehead atoms. The van der Waals surface area contributed by atoms with Crippen LogP contribution in [0.5, 0.6) is 5.75 Å². The predicted octanol–water partition coefficient (Wildman–Crippen LogP) is 3.51. The average molecular weight is 408 g/mol. The molecule has 134 valence electrons. The molecule has 0 radical (unpaired) electrons. The molecule has 25 heavy (non-hydrogen) atoms. The van der Waals surface area contributed by atoms with Crippen molar-refractivity contribution in [2.24, 2.45) is 5.10 Å². The van der Waals surface area contributed by atoms with E-state index in [1.807, 2.05) is 38.1 Å². The number of amides is 1. The van der Waals surface area contributed by atoms with Crippen LogP contribution < -0.4 is 15.1 Å². The van der Waals surface area contributed by atoms with Gasteiger partial charge in [-0.25, -0.2) is 5.43 Å². The molecule has 0 spiro atoms. The van der Waals surface area contributed by atoms with Crippen LogP contribution in [0.2, 0.25) is 0 Å². The van der Waals surface area contributed by atoms with Crippen LogP contribution in [0.4, 0.5) is 5.88 Å². The van der Waals surface area contributed by atoms with E-state index in [0.717, 1.165) is 16.5 Å². The fraction of sp³-hybridized carbons (Fsp3) is 0.333. The molecule has 0 fully saturated rings. The number of hydrazone groups is 1. The Balaban J connectivity index is 1.86. The molecule has 6 nitrogen and oxygen atoms in total. The average Bonchev–Trinajstić information content (AvgIpc) is 2.93. The van der Waals surface area contributed by atoms with Crippen LogP contribution in [0.3, 0.4) is 0 Å². The topological polar surface area (TPSA) is 67.1 Å². The minimum Gasteiger partial charge on any atom is -0.484 e. The Morgan fingerprint density at radius 1 is 1.36 bits per heavy atom. The van der Waals surface area contributed by atoms with Gasteiger partial charge >= 0.3 is 0 Å². The summed E-state index contributed by atoms with van der Waals surface area (Å²) in [6, 6.07) is 7.72. The lowest BCUT2D eigenvalue weighted by molar-refractivity contribution is -0.123. The summed E-state index contributed by atoms with van der Waals surface area (Å²) in [6.07, 6.45) is 2.36. The number of benzene rings is 1. The number of carbonyl (C=O) groups is 1. The first-order chi connectivity index (χ1) is 11.9. The van der Waals surface area contributed by atoms with Crippen molar-refractivity contribution < 1.29 is 13.9 Å². The molecule has 0 aliphatic carbocycles. The van der Waals surface area contributed by atoms with Crippen molar-refractivity contribution in [1.29, 1.82) is 0 Å². The molecule has 0 aliphatic heterocycles. The minimum atomic E-state index is -0.339. The Kier molecular flexibility index (Phi) is 6.64. The fourth-order valence-electron chi connectivity index (χ4n) is 2.21.